The molecule has 0 saturated carbocycles. The van der Waals surface area contributed by atoms with Gasteiger partial charge in [0.25, 0.3) is 0 Å². The van der Waals surface area contributed by atoms with E-state index in [1.54, 1.807) is 20.8 Å². The predicted octanol–water partition coefficient (Wildman–Crippen LogP) is 8.97. The number of carbonyl (C=O) groups is 1. The maximum atomic E-state index is 14.4. The van der Waals surface area contributed by atoms with E-state index in [2.05, 4.69) is 4.52 Å². The van der Waals surface area contributed by atoms with Crippen molar-refractivity contribution in [3.8, 4) is 0 Å². The Morgan fingerprint density at radius 1 is 0.526 bits per heavy atom. The van der Waals surface area contributed by atoms with Crippen molar-refractivity contribution in [2.24, 2.45) is 0 Å². The summed E-state index contributed by atoms with van der Waals surface area (Å²) in [5, 5.41) is 0. The van der Waals surface area contributed by atoms with Gasteiger partial charge in [-0.3, -0.25) is 0 Å². The predicted molar refractivity (Wildman–Crippen MR) is 109 cm³/mol. The zero-order valence-electron chi connectivity index (χ0n) is 20.3. The second-order valence-corrected chi connectivity index (χ2v) is 12.9. The molecule has 0 heterocycles. The number of unbranched alkanes of at least 4 members (excludes halogenated alkanes) is 3. The molecule has 0 radical (unpaired) electrons. The van der Waals surface area contributed by atoms with Crippen LogP contribution in [0, 0.1) is 0 Å². The van der Waals surface area contributed by atoms with Gasteiger partial charge >= 0.3 is 208 Å². The van der Waals surface area contributed by atoms with Crippen molar-refractivity contribution in [2.75, 3.05) is 18.5 Å². The number of hydrogen-bond acceptors (Lipinski definition) is 2. The molecule has 0 bridgehead atoms. The fourth-order valence-electron chi connectivity index (χ4n) is 3.38. The summed E-state index contributed by atoms with van der Waals surface area (Å²) in [6.07, 6.45) is -6.46. The van der Waals surface area contributed by atoms with Gasteiger partial charge in [-0.2, -0.15) is 0 Å². The van der Waals surface area contributed by atoms with E-state index >= 15 is 0 Å². The van der Waals surface area contributed by atoms with Gasteiger partial charge in [0.15, 0.2) is 0 Å². The molecule has 0 aliphatic carbocycles. The molecule has 0 aliphatic heterocycles. The van der Waals surface area contributed by atoms with Crippen molar-refractivity contribution in [3.05, 3.63) is 0 Å². The Kier molecular flexibility index (Phi) is 11.8. The van der Waals surface area contributed by atoms with E-state index in [0.717, 1.165) is 0 Å². The first-order chi connectivity index (χ1) is 16.8. The number of hydrogen-bond donors (Lipinski definition) is 0. The van der Waals surface area contributed by atoms with Crippen LogP contribution in [-0.2, 0) is 9.32 Å². The molecule has 0 aliphatic rings. The second-order valence-electron chi connectivity index (χ2n) is 8.83. The topological polar surface area (TPSA) is 26.3 Å². The van der Waals surface area contributed by atoms with Crippen LogP contribution in [0.25, 0.3) is 0 Å². The van der Waals surface area contributed by atoms with Crippen molar-refractivity contribution in [3.63, 3.8) is 0 Å². The van der Waals surface area contributed by atoms with Crippen molar-refractivity contribution >= 4 is 13.5 Å². The second kappa shape index (κ2) is 12.2. The molecule has 2 nitrogen and oxygen atoms in total. The van der Waals surface area contributed by atoms with Crippen molar-refractivity contribution in [2.45, 2.75) is 101 Å². The van der Waals surface area contributed by atoms with Gasteiger partial charge in [0.05, 0.1) is 0 Å². The molecule has 0 rings (SSSR count). The third-order valence-corrected chi connectivity index (χ3v) is 10.3. The van der Waals surface area contributed by atoms with E-state index in [-0.39, 0.29) is 37.7 Å². The summed E-state index contributed by atoms with van der Waals surface area (Å²) in [4.78, 5) is 12.1. The molecule has 18 heteroatoms. The van der Waals surface area contributed by atoms with Crippen molar-refractivity contribution < 1.29 is 75.2 Å². The number of alkyl halides is 15. The van der Waals surface area contributed by atoms with Gasteiger partial charge in [0, 0.05) is 0 Å². The summed E-state index contributed by atoms with van der Waals surface area (Å²) in [6.45, 7) is 4.80. The van der Waals surface area contributed by atoms with Crippen molar-refractivity contribution in [1.29, 1.82) is 0 Å². The number of halogens is 15. The molecule has 0 amide bonds. The van der Waals surface area contributed by atoms with E-state index in [1.807, 2.05) is 0 Å². The Morgan fingerprint density at radius 2 is 0.816 bits per heavy atom. The van der Waals surface area contributed by atoms with Crippen LogP contribution in [0.2, 0.25) is 0 Å². The van der Waals surface area contributed by atoms with E-state index in [0.29, 0.717) is 19.3 Å². The summed E-state index contributed by atoms with van der Waals surface area (Å²) in [6, 6.07) is 0. The van der Waals surface area contributed by atoms with Crippen LogP contribution in [0.15, 0.2) is 0 Å². The number of rotatable bonds is 16. The van der Waals surface area contributed by atoms with Crippen molar-refractivity contribution in [1.82, 2.24) is 0 Å². The Labute approximate surface area is 209 Å². The molecule has 230 valence electrons. The maximum absolute atomic E-state index is 14.4. The quantitative estimate of drug-likeness (QED) is 0.128. The van der Waals surface area contributed by atoms with Gasteiger partial charge in [0.2, 0.25) is 0 Å². The van der Waals surface area contributed by atoms with Gasteiger partial charge in [0.1, 0.15) is 0 Å². The molecule has 0 atom stereocenters. The first-order valence-electron chi connectivity index (χ1n) is 11.4. The first kappa shape index (κ1) is 36.8. The first-order valence-corrected chi connectivity index (χ1v) is 13.9. The summed E-state index contributed by atoms with van der Waals surface area (Å²) in [5.74, 6) is -51.6. The minimum absolute atomic E-state index is 0.140. The molecular formula is C20H28F15O2P. The van der Waals surface area contributed by atoms with Gasteiger partial charge < -0.3 is 0 Å². The molecule has 0 aromatic rings. The van der Waals surface area contributed by atoms with Crippen LogP contribution < -0.4 is 0 Å². The molecule has 0 N–H and O–H groups in total. The molecule has 0 saturated heterocycles. The van der Waals surface area contributed by atoms with Gasteiger partial charge in [-0.15, -0.1) is 0 Å². The summed E-state index contributed by atoms with van der Waals surface area (Å²) in [5.41, 5.74) is 0. The summed E-state index contributed by atoms with van der Waals surface area (Å²) in [7, 11) is -3.82. The average Bonchev–Trinajstić information content (AvgIpc) is 2.78. The monoisotopic (exact) mass is 616 g/mol. The van der Waals surface area contributed by atoms with Gasteiger partial charge in [-0.25, -0.2) is 0 Å². The summed E-state index contributed by atoms with van der Waals surface area (Å²) >= 11 is 0. The average molecular weight is 616 g/mol. The zero-order valence-corrected chi connectivity index (χ0v) is 21.3. The molecule has 38 heavy (non-hydrogen) atoms. The van der Waals surface area contributed by atoms with Crippen LogP contribution in [0.3, 0.4) is 0 Å². The Balaban J connectivity index is 6.65. The fourth-order valence-corrected chi connectivity index (χ4v) is 7.95. The third-order valence-electron chi connectivity index (χ3n) is 5.85. The molecule has 0 fully saturated rings. The standard InChI is InChI=1S/C20H28F15O2P/c1-4-7-10-38(11-8-5-2,12-9-6-3)37-13(36)14(21,22)15(23,24)16(25,26)17(27,28)18(29,30)19(31,32)20(33,34)35/h38H,4-12H2,1-3H3. The van der Waals surface area contributed by atoms with E-state index in [1.165, 1.54) is 0 Å². The normalized spacial score (nSPS) is 15.5. The van der Waals surface area contributed by atoms with Crippen LogP contribution in [0.5, 0.6) is 0 Å². The zero-order chi connectivity index (χ0) is 30.6. The SMILES string of the molecule is CCCC[PH](CCCC)(CCCC)OC(=O)C(F)(F)C(F)(F)C(F)(F)C(F)(F)C(F)(F)C(F)(F)C(F)(F)F. The van der Waals surface area contributed by atoms with E-state index < -0.39 is 55.2 Å². The van der Waals surface area contributed by atoms with Crippen LogP contribution in [0.4, 0.5) is 65.9 Å². The van der Waals surface area contributed by atoms with E-state index in [4.69, 9.17) is 0 Å². The molecule has 0 spiro atoms. The number of carbonyl (C=O) groups excluding carboxylic acids is 1. The summed E-state index contributed by atoms with van der Waals surface area (Å²) < 4.78 is 206. The molecule has 0 aromatic carbocycles. The van der Waals surface area contributed by atoms with Gasteiger partial charge in [-0.1, -0.05) is 0 Å². The minimum atomic E-state index is -8.44. The fraction of sp³-hybridized carbons (Fsp3) is 0.950. The van der Waals surface area contributed by atoms with Gasteiger partial charge in [-0.05, 0) is 0 Å². The van der Waals surface area contributed by atoms with E-state index in [9.17, 15) is 70.7 Å². The molecule has 0 aromatic heterocycles. The molecule has 0 unspecified atom stereocenters. The third kappa shape index (κ3) is 6.42. The Morgan fingerprint density at radius 3 is 1.11 bits per heavy atom. The Hall–Kier alpha value is -1.15. The van der Waals surface area contributed by atoms with Crippen LogP contribution in [0.1, 0.15) is 59.3 Å². The molecular weight excluding hydrogens is 588 g/mol. The van der Waals surface area contributed by atoms with Crippen LogP contribution >= 0.6 is 7.49 Å². The Bertz CT molecular complexity index is 759. The van der Waals surface area contributed by atoms with Crippen LogP contribution in [-0.4, -0.2) is 66.2 Å².